The SMILES string of the molecule is CCCCC(CC)Nc1ccccc1OCC(C)C. The summed E-state index contributed by atoms with van der Waals surface area (Å²) in [5, 5.41) is 3.63. The summed E-state index contributed by atoms with van der Waals surface area (Å²) in [4.78, 5) is 0. The van der Waals surface area contributed by atoms with Gasteiger partial charge in [0.15, 0.2) is 0 Å². The molecule has 1 aromatic rings. The third-order valence-corrected chi connectivity index (χ3v) is 3.22. The second-order valence-electron chi connectivity index (χ2n) is 5.59. The monoisotopic (exact) mass is 263 g/mol. The molecular weight excluding hydrogens is 234 g/mol. The standard InChI is InChI=1S/C17H29NO/c1-5-7-10-15(6-2)18-16-11-8-9-12-17(16)19-13-14(3)4/h8-9,11-12,14-15,18H,5-7,10,13H2,1-4H3. The van der Waals surface area contributed by atoms with Crippen molar-refractivity contribution in [1.29, 1.82) is 0 Å². The number of rotatable bonds is 9. The van der Waals surface area contributed by atoms with Gasteiger partial charge in [0.1, 0.15) is 5.75 Å². The highest BCUT2D eigenvalue weighted by Crippen LogP contribution is 2.26. The first-order chi connectivity index (χ1) is 9.17. The van der Waals surface area contributed by atoms with E-state index in [2.05, 4.69) is 51.2 Å². The van der Waals surface area contributed by atoms with Crippen LogP contribution in [0.1, 0.15) is 53.4 Å². The first-order valence-corrected chi connectivity index (χ1v) is 7.65. The van der Waals surface area contributed by atoms with E-state index in [1.54, 1.807) is 0 Å². The Morgan fingerprint density at radius 1 is 1.16 bits per heavy atom. The molecule has 0 fully saturated rings. The third-order valence-electron chi connectivity index (χ3n) is 3.22. The quantitative estimate of drug-likeness (QED) is 0.669. The molecule has 0 saturated heterocycles. The summed E-state index contributed by atoms with van der Waals surface area (Å²) >= 11 is 0. The van der Waals surface area contributed by atoms with Crippen molar-refractivity contribution in [2.24, 2.45) is 5.92 Å². The molecular formula is C17H29NO. The number of nitrogens with one attached hydrogen (secondary N) is 1. The molecule has 0 radical (unpaired) electrons. The minimum atomic E-state index is 0.545. The number of ether oxygens (including phenoxy) is 1. The molecule has 1 rings (SSSR count). The van der Waals surface area contributed by atoms with Crippen LogP contribution in [0.3, 0.4) is 0 Å². The molecule has 0 aliphatic rings. The Balaban J connectivity index is 2.64. The van der Waals surface area contributed by atoms with Crippen LogP contribution < -0.4 is 10.1 Å². The highest BCUT2D eigenvalue weighted by atomic mass is 16.5. The second kappa shape index (κ2) is 8.84. The van der Waals surface area contributed by atoms with E-state index in [0.717, 1.165) is 24.5 Å². The van der Waals surface area contributed by atoms with Crippen molar-refractivity contribution in [1.82, 2.24) is 0 Å². The van der Waals surface area contributed by atoms with E-state index < -0.39 is 0 Å². The second-order valence-corrected chi connectivity index (χ2v) is 5.59. The van der Waals surface area contributed by atoms with Crippen LogP contribution in [0.15, 0.2) is 24.3 Å². The lowest BCUT2D eigenvalue weighted by atomic mass is 10.1. The first kappa shape index (κ1) is 15.9. The van der Waals surface area contributed by atoms with Gasteiger partial charge in [0.05, 0.1) is 12.3 Å². The average molecular weight is 263 g/mol. The molecule has 0 aliphatic heterocycles. The zero-order chi connectivity index (χ0) is 14.1. The largest absolute Gasteiger partial charge is 0.491 e. The number of para-hydroxylation sites is 2. The number of hydrogen-bond acceptors (Lipinski definition) is 2. The van der Waals surface area contributed by atoms with Gasteiger partial charge in [-0.05, 0) is 30.9 Å². The van der Waals surface area contributed by atoms with Crippen molar-refractivity contribution in [3.63, 3.8) is 0 Å². The van der Waals surface area contributed by atoms with Gasteiger partial charge >= 0.3 is 0 Å². The summed E-state index contributed by atoms with van der Waals surface area (Å²) < 4.78 is 5.89. The van der Waals surface area contributed by atoms with Gasteiger partial charge in [0, 0.05) is 6.04 Å². The summed E-state index contributed by atoms with van der Waals surface area (Å²) in [6, 6.07) is 8.82. The maximum atomic E-state index is 5.89. The molecule has 0 aromatic heterocycles. The van der Waals surface area contributed by atoms with Crippen LogP contribution in [0.2, 0.25) is 0 Å². The highest BCUT2D eigenvalue weighted by molar-refractivity contribution is 5.56. The lowest BCUT2D eigenvalue weighted by Crippen LogP contribution is -2.19. The van der Waals surface area contributed by atoms with Gasteiger partial charge in [-0.25, -0.2) is 0 Å². The number of hydrogen-bond donors (Lipinski definition) is 1. The fourth-order valence-electron chi connectivity index (χ4n) is 2.02. The molecule has 1 atom stereocenters. The normalized spacial score (nSPS) is 12.5. The zero-order valence-corrected chi connectivity index (χ0v) is 12.9. The first-order valence-electron chi connectivity index (χ1n) is 7.65. The molecule has 0 amide bonds. The molecule has 1 unspecified atom stereocenters. The Kier molecular flexibility index (Phi) is 7.39. The van der Waals surface area contributed by atoms with Gasteiger partial charge in [-0.3, -0.25) is 0 Å². The Hall–Kier alpha value is -1.18. The predicted octanol–water partition coefficient (Wildman–Crippen LogP) is 5.10. The van der Waals surface area contributed by atoms with Gasteiger partial charge in [-0.2, -0.15) is 0 Å². The van der Waals surface area contributed by atoms with Crippen LogP contribution in [-0.4, -0.2) is 12.6 Å². The third kappa shape index (κ3) is 6.00. The summed E-state index contributed by atoms with van der Waals surface area (Å²) in [7, 11) is 0. The van der Waals surface area contributed by atoms with E-state index >= 15 is 0 Å². The zero-order valence-electron chi connectivity index (χ0n) is 12.9. The van der Waals surface area contributed by atoms with Gasteiger partial charge in [0.25, 0.3) is 0 Å². The predicted molar refractivity (Wildman–Crippen MR) is 84.0 cm³/mol. The van der Waals surface area contributed by atoms with Crippen LogP contribution >= 0.6 is 0 Å². The van der Waals surface area contributed by atoms with Crippen molar-refractivity contribution >= 4 is 5.69 Å². The van der Waals surface area contributed by atoms with Crippen molar-refractivity contribution in [2.75, 3.05) is 11.9 Å². The van der Waals surface area contributed by atoms with E-state index in [0.29, 0.717) is 12.0 Å². The summed E-state index contributed by atoms with van der Waals surface area (Å²) in [5.41, 5.74) is 1.13. The highest BCUT2D eigenvalue weighted by Gasteiger charge is 2.09. The number of unbranched alkanes of at least 4 members (excludes halogenated alkanes) is 1. The molecule has 2 heteroatoms. The Morgan fingerprint density at radius 2 is 1.89 bits per heavy atom. The maximum Gasteiger partial charge on any atom is 0.142 e. The van der Waals surface area contributed by atoms with Gasteiger partial charge in [0.2, 0.25) is 0 Å². The Labute approximate surface area is 118 Å². The Morgan fingerprint density at radius 3 is 2.53 bits per heavy atom. The van der Waals surface area contributed by atoms with E-state index in [-0.39, 0.29) is 0 Å². The lowest BCUT2D eigenvalue weighted by Gasteiger charge is -2.21. The number of benzene rings is 1. The van der Waals surface area contributed by atoms with Gasteiger partial charge in [-0.1, -0.05) is 52.7 Å². The molecule has 0 heterocycles. The van der Waals surface area contributed by atoms with Gasteiger partial charge < -0.3 is 10.1 Å². The summed E-state index contributed by atoms with van der Waals surface area (Å²) in [6.07, 6.45) is 4.91. The summed E-state index contributed by atoms with van der Waals surface area (Å²) in [6.45, 7) is 9.60. The Bertz CT molecular complexity index is 349. The van der Waals surface area contributed by atoms with Crippen LogP contribution in [0.4, 0.5) is 5.69 Å². The van der Waals surface area contributed by atoms with E-state index in [9.17, 15) is 0 Å². The molecule has 0 aliphatic carbocycles. The van der Waals surface area contributed by atoms with Crippen molar-refractivity contribution < 1.29 is 4.74 Å². The molecule has 1 N–H and O–H groups in total. The van der Waals surface area contributed by atoms with Crippen LogP contribution in [0.25, 0.3) is 0 Å². The lowest BCUT2D eigenvalue weighted by molar-refractivity contribution is 0.272. The van der Waals surface area contributed by atoms with Crippen molar-refractivity contribution in [3.05, 3.63) is 24.3 Å². The minimum absolute atomic E-state index is 0.545. The van der Waals surface area contributed by atoms with E-state index in [1.165, 1.54) is 19.3 Å². The minimum Gasteiger partial charge on any atom is -0.491 e. The van der Waals surface area contributed by atoms with E-state index in [4.69, 9.17) is 4.74 Å². The maximum absolute atomic E-state index is 5.89. The molecule has 0 saturated carbocycles. The smallest absolute Gasteiger partial charge is 0.142 e. The van der Waals surface area contributed by atoms with Crippen LogP contribution in [0, 0.1) is 5.92 Å². The average Bonchev–Trinajstić information content (AvgIpc) is 2.42. The fourth-order valence-corrected chi connectivity index (χ4v) is 2.02. The molecule has 2 nitrogen and oxygen atoms in total. The van der Waals surface area contributed by atoms with Crippen LogP contribution in [-0.2, 0) is 0 Å². The molecule has 19 heavy (non-hydrogen) atoms. The van der Waals surface area contributed by atoms with Crippen LogP contribution in [0.5, 0.6) is 5.75 Å². The molecule has 0 bridgehead atoms. The topological polar surface area (TPSA) is 21.3 Å². The molecule has 0 spiro atoms. The molecule has 1 aromatic carbocycles. The van der Waals surface area contributed by atoms with E-state index in [1.807, 2.05) is 6.07 Å². The fraction of sp³-hybridized carbons (Fsp3) is 0.647. The van der Waals surface area contributed by atoms with Gasteiger partial charge in [-0.15, -0.1) is 0 Å². The van der Waals surface area contributed by atoms with Crippen molar-refractivity contribution in [2.45, 2.75) is 59.4 Å². The molecule has 108 valence electrons. The van der Waals surface area contributed by atoms with Crippen molar-refractivity contribution in [3.8, 4) is 5.75 Å². The number of anilines is 1. The summed E-state index contributed by atoms with van der Waals surface area (Å²) in [5.74, 6) is 1.53.